The number of hydrogen-bond acceptors (Lipinski definition) is 7. The molecule has 0 radical (unpaired) electrons. The van der Waals surface area contributed by atoms with Gasteiger partial charge in [0.2, 0.25) is 0 Å². The summed E-state index contributed by atoms with van der Waals surface area (Å²) in [5, 5.41) is 0.351. The van der Waals surface area contributed by atoms with E-state index < -0.39 is 11.9 Å². The summed E-state index contributed by atoms with van der Waals surface area (Å²) in [5.41, 5.74) is 0.186. The van der Waals surface area contributed by atoms with Crippen LogP contribution in [0.1, 0.15) is 61.2 Å². The van der Waals surface area contributed by atoms with Gasteiger partial charge in [0.1, 0.15) is 22.4 Å². The summed E-state index contributed by atoms with van der Waals surface area (Å²) in [4.78, 5) is 42.3. The third-order valence-corrected chi connectivity index (χ3v) is 5.78. The van der Waals surface area contributed by atoms with E-state index in [1.54, 1.807) is 20.8 Å². The van der Waals surface area contributed by atoms with Gasteiger partial charge in [-0.25, -0.2) is 9.78 Å². The van der Waals surface area contributed by atoms with Crippen LogP contribution in [-0.2, 0) is 20.8 Å². The molecule has 1 aliphatic carbocycles. The van der Waals surface area contributed by atoms with E-state index in [2.05, 4.69) is 4.98 Å². The Morgan fingerprint density at radius 1 is 1.30 bits per heavy atom. The molecule has 146 valence electrons. The van der Waals surface area contributed by atoms with Crippen LogP contribution in [0, 0.1) is 6.92 Å². The summed E-state index contributed by atoms with van der Waals surface area (Å²) in [7, 11) is 0. The highest BCUT2D eigenvalue weighted by atomic mass is 32.1. The third kappa shape index (κ3) is 4.37. The summed E-state index contributed by atoms with van der Waals surface area (Å²) in [6.07, 6.45) is 6.09. The van der Waals surface area contributed by atoms with Gasteiger partial charge in [0, 0.05) is 0 Å². The van der Waals surface area contributed by atoms with E-state index in [4.69, 9.17) is 9.47 Å². The van der Waals surface area contributed by atoms with Crippen molar-refractivity contribution in [2.45, 2.75) is 71.6 Å². The Labute approximate surface area is 161 Å². The van der Waals surface area contributed by atoms with Crippen molar-refractivity contribution in [3.8, 4) is 0 Å². The van der Waals surface area contributed by atoms with E-state index in [0.717, 1.165) is 37.0 Å². The minimum absolute atomic E-state index is 0.0565. The Morgan fingerprint density at radius 3 is 2.67 bits per heavy atom. The Bertz CT molecular complexity index is 909. The van der Waals surface area contributed by atoms with Crippen molar-refractivity contribution in [1.82, 2.24) is 9.55 Å². The van der Waals surface area contributed by atoms with E-state index in [0.29, 0.717) is 20.7 Å². The number of rotatable bonds is 5. The fraction of sp³-hybridized carbons (Fsp3) is 0.579. The number of hydrogen-bond donors (Lipinski definition) is 0. The average molecular weight is 392 g/mol. The molecule has 0 amide bonds. The van der Waals surface area contributed by atoms with Gasteiger partial charge in [-0.3, -0.25) is 14.2 Å². The van der Waals surface area contributed by atoms with Crippen LogP contribution < -0.4 is 5.56 Å². The van der Waals surface area contributed by atoms with Crippen molar-refractivity contribution in [3.05, 3.63) is 27.1 Å². The maximum atomic E-state index is 12.8. The smallest absolute Gasteiger partial charge is 0.348 e. The summed E-state index contributed by atoms with van der Waals surface area (Å²) in [5.74, 6) is -0.898. The minimum atomic E-state index is -0.465. The van der Waals surface area contributed by atoms with Crippen molar-refractivity contribution in [2.75, 3.05) is 0 Å². The number of carbonyl (C=O) groups is 2. The van der Waals surface area contributed by atoms with Crippen molar-refractivity contribution < 1.29 is 19.1 Å². The van der Waals surface area contributed by atoms with E-state index in [-0.39, 0.29) is 24.3 Å². The molecule has 1 fully saturated rings. The number of ether oxygens (including phenoxy) is 2. The molecule has 8 heteroatoms. The number of nitrogens with zero attached hydrogens (tertiary/aromatic N) is 2. The predicted molar refractivity (Wildman–Crippen MR) is 102 cm³/mol. The lowest BCUT2D eigenvalue weighted by Crippen LogP contribution is -2.29. The van der Waals surface area contributed by atoms with Gasteiger partial charge < -0.3 is 9.47 Å². The zero-order valence-electron chi connectivity index (χ0n) is 15.8. The second-order valence-electron chi connectivity index (χ2n) is 7.12. The van der Waals surface area contributed by atoms with Gasteiger partial charge in [0.25, 0.3) is 5.56 Å². The summed E-state index contributed by atoms with van der Waals surface area (Å²) < 4.78 is 11.9. The molecule has 0 unspecified atom stereocenters. The van der Waals surface area contributed by atoms with Crippen LogP contribution in [-0.4, -0.2) is 33.7 Å². The molecule has 2 aromatic heterocycles. The van der Waals surface area contributed by atoms with Crippen LogP contribution in [0.4, 0.5) is 0 Å². The SMILES string of the molecule is Cc1c(C(=O)OC(C)C)sc2ncn(CC(=O)OC3CCCCC3)c(=O)c12. The maximum Gasteiger partial charge on any atom is 0.348 e. The molecule has 2 heterocycles. The fourth-order valence-electron chi connectivity index (χ4n) is 3.28. The largest absolute Gasteiger partial charge is 0.461 e. The van der Waals surface area contributed by atoms with Crippen LogP contribution in [0.15, 0.2) is 11.1 Å². The quantitative estimate of drug-likeness (QED) is 0.726. The van der Waals surface area contributed by atoms with E-state index in [1.165, 1.54) is 17.3 Å². The number of thiophene rings is 1. The lowest BCUT2D eigenvalue weighted by atomic mass is 9.98. The molecule has 0 spiro atoms. The number of fused-ring (bicyclic) bond motifs is 1. The molecule has 7 nitrogen and oxygen atoms in total. The minimum Gasteiger partial charge on any atom is -0.461 e. The first-order chi connectivity index (χ1) is 12.9. The standard InChI is InChI=1S/C19H24N2O5S/c1-11(2)25-19(24)16-12(3)15-17(27-16)20-10-21(18(15)23)9-14(22)26-13-7-5-4-6-8-13/h10-11,13H,4-9H2,1-3H3. The normalized spacial score (nSPS) is 15.3. The number of aryl methyl sites for hydroxylation is 1. The molecule has 0 atom stereocenters. The molecule has 0 aliphatic heterocycles. The summed E-state index contributed by atoms with van der Waals surface area (Å²) in [6.45, 7) is 5.05. The first kappa shape index (κ1) is 19.5. The Balaban J connectivity index is 1.82. The molecule has 2 aromatic rings. The lowest BCUT2D eigenvalue weighted by molar-refractivity contribution is -0.151. The van der Waals surface area contributed by atoms with E-state index >= 15 is 0 Å². The zero-order valence-corrected chi connectivity index (χ0v) is 16.6. The Hall–Kier alpha value is -2.22. The van der Waals surface area contributed by atoms with Crippen molar-refractivity contribution in [1.29, 1.82) is 0 Å². The molecule has 0 N–H and O–H groups in total. The number of carbonyl (C=O) groups excluding carboxylic acids is 2. The first-order valence-corrected chi connectivity index (χ1v) is 10.1. The molecule has 3 rings (SSSR count). The lowest BCUT2D eigenvalue weighted by Gasteiger charge is -2.21. The van der Waals surface area contributed by atoms with Crippen LogP contribution in [0.3, 0.4) is 0 Å². The van der Waals surface area contributed by atoms with Crippen LogP contribution >= 0.6 is 11.3 Å². The summed E-state index contributed by atoms with van der Waals surface area (Å²) >= 11 is 1.13. The van der Waals surface area contributed by atoms with Gasteiger partial charge >= 0.3 is 11.9 Å². The Kier molecular flexibility index (Phi) is 5.94. The topological polar surface area (TPSA) is 87.5 Å². The van der Waals surface area contributed by atoms with E-state index in [9.17, 15) is 14.4 Å². The molecule has 0 aromatic carbocycles. The molecule has 1 saturated carbocycles. The highest BCUT2D eigenvalue weighted by Gasteiger charge is 2.23. The van der Waals surface area contributed by atoms with Gasteiger partial charge in [-0.15, -0.1) is 11.3 Å². The molecule has 27 heavy (non-hydrogen) atoms. The highest BCUT2D eigenvalue weighted by Crippen LogP contribution is 2.27. The van der Waals surface area contributed by atoms with Gasteiger partial charge in [0.15, 0.2) is 0 Å². The van der Waals surface area contributed by atoms with Crippen molar-refractivity contribution in [2.24, 2.45) is 0 Å². The zero-order chi connectivity index (χ0) is 19.6. The second-order valence-corrected chi connectivity index (χ2v) is 8.12. The maximum absolute atomic E-state index is 12.8. The summed E-state index contributed by atoms with van der Waals surface area (Å²) in [6, 6.07) is 0. The van der Waals surface area contributed by atoms with Crippen LogP contribution in [0.2, 0.25) is 0 Å². The van der Waals surface area contributed by atoms with Gasteiger partial charge in [0.05, 0.1) is 17.8 Å². The number of aromatic nitrogens is 2. The molecule has 0 bridgehead atoms. The Morgan fingerprint density at radius 2 is 2.00 bits per heavy atom. The van der Waals surface area contributed by atoms with Crippen LogP contribution in [0.25, 0.3) is 10.2 Å². The van der Waals surface area contributed by atoms with Crippen LogP contribution in [0.5, 0.6) is 0 Å². The second kappa shape index (κ2) is 8.21. The molecule has 1 aliphatic rings. The van der Waals surface area contributed by atoms with Crippen molar-refractivity contribution in [3.63, 3.8) is 0 Å². The highest BCUT2D eigenvalue weighted by molar-refractivity contribution is 7.20. The van der Waals surface area contributed by atoms with Gasteiger partial charge in [-0.1, -0.05) is 6.42 Å². The first-order valence-electron chi connectivity index (χ1n) is 9.25. The van der Waals surface area contributed by atoms with E-state index in [1.807, 2.05) is 0 Å². The molecular weight excluding hydrogens is 368 g/mol. The fourth-order valence-corrected chi connectivity index (χ4v) is 4.30. The number of esters is 2. The predicted octanol–water partition coefficient (Wildman–Crippen LogP) is 3.21. The monoisotopic (exact) mass is 392 g/mol. The third-order valence-electron chi connectivity index (χ3n) is 4.60. The molecular formula is C19H24N2O5S. The molecule has 0 saturated heterocycles. The van der Waals surface area contributed by atoms with Gasteiger partial charge in [-0.2, -0.15) is 0 Å². The van der Waals surface area contributed by atoms with Gasteiger partial charge in [-0.05, 0) is 52.0 Å². The average Bonchev–Trinajstić information content (AvgIpc) is 2.95. The van der Waals surface area contributed by atoms with Crippen molar-refractivity contribution >= 4 is 33.5 Å².